The summed E-state index contributed by atoms with van der Waals surface area (Å²) in [5.41, 5.74) is 1.00. The Morgan fingerprint density at radius 3 is 2.59 bits per heavy atom. The second-order valence-corrected chi connectivity index (χ2v) is 9.16. The molecular formula is C28H34FN5O5. The van der Waals surface area contributed by atoms with Crippen LogP contribution in [0.3, 0.4) is 0 Å². The van der Waals surface area contributed by atoms with Gasteiger partial charge in [0.2, 0.25) is 5.95 Å². The zero-order valence-corrected chi connectivity index (χ0v) is 22.2. The van der Waals surface area contributed by atoms with Crippen LogP contribution in [-0.4, -0.2) is 66.5 Å². The van der Waals surface area contributed by atoms with E-state index in [9.17, 15) is 14.3 Å². The molecule has 0 aliphatic carbocycles. The van der Waals surface area contributed by atoms with E-state index in [-0.39, 0.29) is 24.1 Å². The zero-order chi connectivity index (χ0) is 27.6. The highest BCUT2D eigenvalue weighted by atomic mass is 19.1. The van der Waals surface area contributed by atoms with E-state index in [0.29, 0.717) is 29.4 Å². The van der Waals surface area contributed by atoms with Crippen molar-refractivity contribution in [1.29, 1.82) is 0 Å². The third-order valence-corrected chi connectivity index (χ3v) is 6.48. The van der Waals surface area contributed by atoms with Crippen LogP contribution in [0.2, 0.25) is 0 Å². The van der Waals surface area contributed by atoms with Crippen LogP contribution >= 0.6 is 0 Å². The number of hydrogen-bond donors (Lipinski definition) is 2. The molecule has 0 atom stereocenters. The number of carboxylic acid groups (broad SMARTS) is 1. The Balaban J connectivity index is 1.40. The van der Waals surface area contributed by atoms with Crippen LogP contribution in [0, 0.1) is 5.82 Å². The fraction of sp³-hybridized carbons (Fsp3) is 0.393. The van der Waals surface area contributed by atoms with Crippen LogP contribution in [0.1, 0.15) is 31.2 Å². The van der Waals surface area contributed by atoms with Crippen LogP contribution in [0.25, 0.3) is 0 Å². The van der Waals surface area contributed by atoms with Gasteiger partial charge in [-0.15, -0.1) is 0 Å². The quantitative estimate of drug-likeness (QED) is 0.296. The number of piperidine rings is 1. The summed E-state index contributed by atoms with van der Waals surface area (Å²) in [7, 11) is 3.04. The molecule has 10 nitrogen and oxygen atoms in total. The van der Waals surface area contributed by atoms with Crippen molar-refractivity contribution < 1.29 is 28.5 Å². The summed E-state index contributed by atoms with van der Waals surface area (Å²) in [5, 5.41) is 12.8. The average molecular weight is 540 g/mol. The molecule has 0 bridgehead atoms. The van der Waals surface area contributed by atoms with Gasteiger partial charge >= 0.3 is 6.09 Å². The van der Waals surface area contributed by atoms with E-state index < -0.39 is 11.9 Å². The zero-order valence-electron chi connectivity index (χ0n) is 22.2. The highest BCUT2D eigenvalue weighted by Gasteiger charge is 2.20. The third kappa shape index (κ3) is 7.70. The molecule has 4 rings (SSSR count). The summed E-state index contributed by atoms with van der Waals surface area (Å²) >= 11 is 0. The fourth-order valence-electron chi connectivity index (χ4n) is 4.46. The number of nitrogens with one attached hydrogen (secondary N) is 1. The Hall–Kier alpha value is -4.12. The van der Waals surface area contributed by atoms with Gasteiger partial charge in [-0.1, -0.05) is 6.42 Å². The third-order valence-electron chi connectivity index (χ3n) is 6.48. The molecule has 1 aliphatic heterocycles. The Kier molecular flexibility index (Phi) is 9.74. The van der Waals surface area contributed by atoms with Crippen LogP contribution in [0.5, 0.6) is 17.2 Å². The SMILES string of the molecule is COc1ccc(OC)c(CN(C(=O)O)c2ccnc(Nc3ccc(OCCCN4CCCCC4)c(F)c3)n2)c1. The van der Waals surface area contributed by atoms with E-state index in [0.717, 1.165) is 31.0 Å². The summed E-state index contributed by atoms with van der Waals surface area (Å²) in [4.78, 5) is 24.1. The molecule has 1 amide bonds. The van der Waals surface area contributed by atoms with Crippen molar-refractivity contribution in [2.24, 2.45) is 0 Å². The second-order valence-electron chi connectivity index (χ2n) is 9.16. The normalized spacial score (nSPS) is 13.5. The molecule has 1 aliphatic rings. The Bertz CT molecular complexity index is 1250. The number of ether oxygens (including phenoxy) is 3. The number of aromatic nitrogens is 2. The summed E-state index contributed by atoms with van der Waals surface area (Å²) in [6, 6.07) is 11.1. The molecule has 0 radical (unpaired) electrons. The molecule has 0 saturated carbocycles. The predicted octanol–water partition coefficient (Wildman–Crippen LogP) is 5.32. The molecule has 0 unspecified atom stereocenters. The highest BCUT2D eigenvalue weighted by molar-refractivity contribution is 5.85. The molecule has 1 saturated heterocycles. The molecule has 208 valence electrons. The average Bonchev–Trinajstić information content (AvgIpc) is 2.95. The van der Waals surface area contributed by atoms with Crippen molar-refractivity contribution in [3.63, 3.8) is 0 Å². The number of likely N-dealkylation sites (tertiary alicyclic amines) is 1. The standard InChI is InChI=1S/C28H34FN5O5/c1-37-22-8-10-24(38-2)20(17-22)19-34(28(35)36)26-11-12-30-27(32-26)31-21-7-9-25(23(29)18-21)39-16-6-15-33-13-4-3-5-14-33/h7-12,17-18H,3-6,13-16,19H2,1-2H3,(H,35,36)(H,30,31,32). The lowest BCUT2D eigenvalue weighted by Crippen LogP contribution is -2.31. The number of halogens is 1. The van der Waals surface area contributed by atoms with Gasteiger partial charge in [-0.3, -0.25) is 4.90 Å². The maximum atomic E-state index is 14.7. The number of hydrogen-bond acceptors (Lipinski definition) is 8. The van der Waals surface area contributed by atoms with E-state index in [1.807, 2.05) is 0 Å². The minimum atomic E-state index is -1.21. The molecule has 1 fully saturated rings. The molecule has 11 heteroatoms. The number of amides is 1. The molecule has 1 aromatic heterocycles. The number of carbonyl (C=O) groups is 1. The van der Waals surface area contributed by atoms with Crippen molar-refractivity contribution >= 4 is 23.5 Å². The first-order valence-electron chi connectivity index (χ1n) is 12.9. The minimum Gasteiger partial charge on any atom is -0.497 e. The van der Waals surface area contributed by atoms with Gasteiger partial charge in [0.25, 0.3) is 0 Å². The molecule has 0 spiro atoms. The Morgan fingerprint density at radius 2 is 1.87 bits per heavy atom. The van der Waals surface area contributed by atoms with Gasteiger partial charge in [0.1, 0.15) is 17.3 Å². The number of benzene rings is 2. The largest absolute Gasteiger partial charge is 0.497 e. The van der Waals surface area contributed by atoms with Gasteiger partial charge < -0.3 is 29.5 Å². The van der Waals surface area contributed by atoms with Crippen LogP contribution in [0.4, 0.5) is 26.6 Å². The number of nitrogens with zero attached hydrogens (tertiary/aromatic N) is 4. The smallest absolute Gasteiger partial charge is 0.413 e. The van der Waals surface area contributed by atoms with Gasteiger partial charge in [-0.25, -0.2) is 14.2 Å². The maximum absolute atomic E-state index is 14.7. The number of methoxy groups -OCH3 is 2. The molecule has 2 N–H and O–H groups in total. The first-order chi connectivity index (χ1) is 19.0. The van der Waals surface area contributed by atoms with Gasteiger partial charge in [-0.05, 0) is 68.8 Å². The van der Waals surface area contributed by atoms with Crippen molar-refractivity contribution in [3.05, 3.63) is 60.0 Å². The fourth-order valence-corrected chi connectivity index (χ4v) is 4.46. The summed E-state index contributed by atoms with van der Waals surface area (Å²) in [5.74, 6) is 1.01. The summed E-state index contributed by atoms with van der Waals surface area (Å²) in [6.07, 6.45) is 4.83. The molecular weight excluding hydrogens is 505 g/mol. The summed E-state index contributed by atoms with van der Waals surface area (Å²) < 4.78 is 31.0. The first kappa shape index (κ1) is 27.9. The molecule has 2 aromatic carbocycles. The van der Waals surface area contributed by atoms with Crippen LogP contribution < -0.4 is 24.4 Å². The number of anilines is 3. The van der Waals surface area contributed by atoms with E-state index in [1.54, 1.807) is 30.3 Å². The van der Waals surface area contributed by atoms with Gasteiger partial charge in [0.15, 0.2) is 11.6 Å². The first-order valence-corrected chi connectivity index (χ1v) is 12.9. The molecule has 39 heavy (non-hydrogen) atoms. The predicted molar refractivity (Wildman–Crippen MR) is 146 cm³/mol. The van der Waals surface area contributed by atoms with E-state index in [2.05, 4.69) is 20.2 Å². The molecule has 2 heterocycles. The van der Waals surface area contributed by atoms with Crippen molar-refractivity contribution in [3.8, 4) is 17.2 Å². The van der Waals surface area contributed by atoms with Gasteiger partial charge in [0, 0.05) is 30.1 Å². The van der Waals surface area contributed by atoms with E-state index >= 15 is 0 Å². The van der Waals surface area contributed by atoms with Crippen LogP contribution in [-0.2, 0) is 6.54 Å². The van der Waals surface area contributed by atoms with Crippen molar-refractivity contribution in [1.82, 2.24) is 14.9 Å². The molecule has 3 aromatic rings. The summed E-state index contributed by atoms with van der Waals surface area (Å²) in [6.45, 7) is 3.60. The van der Waals surface area contributed by atoms with Crippen LogP contribution in [0.15, 0.2) is 48.7 Å². The van der Waals surface area contributed by atoms with Crippen molar-refractivity contribution in [2.75, 3.05) is 50.7 Å². The van der Waals surface area contributed by atoms with Gasteiger partial charge in [-0.2, -0.15) is 4.98 Å². The lowest BCUT2D eigenvalue weighted by atomic mass is 10.1. The lowest BCUT2D eigenvalue weighted by Gasteiger charge is -2.26. The van der Waals surface area contributed by atoms with Gasteiger partial charge in [0.05, 0.1) is 27.4 Å². The topological polar surface area (TPSA) is 109 Å². The monoisotopic (exact) mass is 539 g/mol. The highest BCUT2D eigenvalue weighted by Crippen LogP contribution is 2.28. The lowest BCUT2D eigenvalue weighted by molar-refractivity contribution is 0.201. The van der Waals surface area contributed by atoms with E-state index in [4.69, 9.17) is 14.2 Å². The van der Waals surface area contributed by atoms with Crippen molar-refractivity contribution in [2.45, 2.75) is 32.2 Å². The maximum Gasteiger partial charge on any atom is 0.413 e. The number of rotatable bonds is 12. The Labute approximate surface area is 227 Å². The Morgan fingerprint density at radius 1 is 1.08 bits per heavy atom. The minimum absolute atomic E-state index is 0.0371. The second kappa shape index (κ2) is 13.6. The van der Waals surface area contributed by atoms with E-state index in [1.165, 1.54) is 51.8 Å².